The molecule has 0 unspecified atom stereocenters. The van der Waals surface area contributed by atoms with Gasteiger partial charge in [-0.15, -0.1) is 10.2 Å². The first kappa shape index (κ1) is 25.3. The zero-order chi connectivity index (χ0) is 28.5. The lowest BCUT2D eigenvalue weighted by Crippen LogP contribution is -2.29. The summed E-state index contributed by atoms with van der Waals surface area (Å²) in [5, 5.41) is 21.7. The number of carbonyl (C=O) groups excluding carboxylic acids is 1. The van der Waals surface area contributed by atoms with Crippen molar-refractivity contribution in [3.05, 3.63) is 102 Å². The summed E-state index contributed by atoms with van der Waals surface area (Å²) in [6.07, 6.45) is 0.583. The Morgan fingerprint density at radius 3 is 2.62 bits per heavy atom. The molecule has 11 heteroatoms. The Labute approximate surface area is 240 Å². The number of aromatic amines is 1. The van der Waals surface area contributed by atoms with Crippen molar-refractivity contribution in [1.82, 2.24) is 45.5 Å². The molecule has 4 heterocycles. The molecule has 7 aromatic rings. The highest BCUT2D eigenvalue weighted by Gasteiger charge is 2.16. The Bertz CT molecular complexity index is 2070. The number of aromatic nitrogens is 8. The number of carbonyl (C=O) groups is 1. The molecule has 4 aromatic heterocycles. The lowest BCUT2D eigenvalue weighted by atomic mass is 10.1. The zero-order valence-corrected chi connectivity index (χ0v) is 22.7. The van der Waals surface area contributed by atoms with Crippen molar-refractivity contribution in [2.75, 3.05) is 18.4 Å². The highest BCUT2D eigenvalue weighted by Crippen LogP contribution is 2.32. The Morgan fingerprint density at radius 1 is 0.905 bits per heavy atom. The number of para-hydroxylation sites is 1. The average Bonchev–Trinajstić information content (AvgIpc) is 3.62. The first-order valence-corrected chi connectivity index (χ1v) is 13.6. The van der Waals surface area contributed by atoms with Gasteiger partial charge in [-0.1, -0.05) is 54.6 Å². The molecular weight excluding hydrogens is 528 g/mol. The van der Waals surface area contributed by atoms with Crippen molar-refractivity contribution in [3.8, 4) is 11.4 Å². The molecule has 206 valence electrons. The maximum atomic E-state index is 12.8. The van der Waals surface area contributed by atoms with Crippen LogP contribution in [0.2, 0.25) is 0 Å². The molecule has 0 aliphatic heterocycles. The third kappa shape index (κ3) is 4.99. The Morgan fingerprint density at radius 2 is 1.76 bits per heavy atom. The molecule has 0 spiro atoms. The second-order valence-corrected chi connectivity index (χ2v) is 9.93. The van der Waals surface area contributed by atoms with Gasteiger partial charge in [0.2, 0.25) is 5.82 Å². The quantitative estimate of drug-likeness (QED) is 0.237. The number of pyridine rings is 1. The smallest absolute Gasteiger partial charge is 0.269 e. The van der Waals surface area contributed by atoms with Crippen LogP contribution in [0.1, 0.15) is 21.9 Å². The number of amides is 1. The van der Waals surface area contributed by atoms with Crippen LogP contribution >= 0.6 is 0 Å². The van der Waals surface area contributed by atoms with Gasteiger partial charge in [0.25, 0.3) is 5.91 Å². The van der Waals surface area contributed by atoms with E-state index in [0.717, 1.165) is 44.0 Å². The number of hydrogen-bond donors (Lipinski definition) is 3. The van der Waals surface area contributed by atoms with Gasteiger partial charge in [0.05, 0.1) is 18.0 Å². The Hall–Kier alpha value is -5.71. The lowest BCUT2D eigenvalue weighted by molar-refractivity contribution is 0.0950. The van der Waals surface area contributed by atoms with E-state index in [0.29, 0.717) is 42.7 Å². The number of tetrazole rings is 1. The van der Waals surface area contributed by atoms with E-state index < -0.39 is 0 Å². The number of fused-ring (bicyclic) bond motifs is 4. The van der Waals surface area contributed by atoms with E-state index in [1.807, 2.05) is 66.7 Å². The van der Waals surface area contributed by atoms with E-state index in [1.54, 1.807) is 13.1 Å². The molecule has 0 fully saturated rings. The normalized spacial score (nSPS) is 11.4. The molecule has 0 saturated carbocycles. The van der Waals surface area contributed by atoms with E-state index in [1.165, 1.54) is 4.80 Å². The minimum Gasteiger partial charge on any atom is -0.368 e. The number of nitrogens with zero attached hydrogens (tertiary/aromatic N) is 7. The third-order valence-corrected chi connectivity index (χ3v) is 7.00. The lowest BCUT2D eigenvalue weighted by Gasteiger charge is -2.11. The van der Waals surface area contributed by atoms with E-state index in [4.69, 9.17) is 9.97 Å². The van der Waals surface area contributed by atoms with Crippen molar-refractivity contribution >= 4 is 44.6 Å². The molecular formula is C31H26N10O. The molecule has 0 aliphatic carbocycles. The van der Waals surface area contributed by atoms with Gasteiger partial charge < -0.3 is 15.6 Å². The summed E-state index contributed by atoms with van der Waals surface area (Å²) in [7, 11) is 1.74. The van der Waals surface area contributed by atoms with E-state index in [9.17, 15) is 4.79 Å². The molecule has 0 aliphatic rings. The van der Waals surface area contributed by atoms with Crippen molar-refractivity contribution < 1.29 is 4.79 Å². The van der Waals surface area contributed by atoms with Gasteiger partial charge >= 0.3 is 0 Å². The predicted octanol–water partition coefficient (Wildman–Crippen LogP) is 4.28. The summed E-state index contributed by atoms with van der Waals surface area (Å²) in [4.78, 5) is 32.0. The second kappa shape index (κ2) is 10.7. The molecule has 0 atom stereocenters. The van der Waals surface area contributed by atoms with E-state index >= 15 is 0 Å². The van der Waals surface area contributed by atoms with Crippen molar-refractivity contribution in [2.24, 2.45) is 7.05 Å². The fourth-order valence-electron chi connectivity index (χ4n) is 5.00. The first-order valence-electron chi connectivity index (χ1n) is 13.6. The number of aryl methyl sites for hydroxylation is 1. The van der Waals surface area contributed by atoms with Crippen LogP contribution in [-0.2, 0) is 13.5 Å². The van der Waals surface area contributed by atoms with Crippen molar-refractivity contribution in [3.63, 3.8) is 0 Å². The largest absolute Gasteiger partial charge is 0.368 e. The monoisotopic (exact) mass is 554 g/mol. The standard InChI is InChI=1S/C31H26N10O/c1-41-39-28(38-40-41)21-12-13-24-22(18-21)27-29(36-26(37-30(27)35-24)17-19-7-3-2-4-8-19)32-15-16-33-31(42)25-14-11-20-9-5-6-10-23(20)34-25/h2-14,18H,15-17H2,1H3,(H,33,42)(H2,32,35,36,37). The second-order valence-electron chi connectivity index (χ2n) is 9.93. The number of H-pyrrole nitrogens is 1. The summed E-state index contributed by atoms with van der Waals surface area (Å²) < 4.78 is 0. The highest BCUT2D eigenvalue weighted by atomic mass is 16.1. The van der Waals surface area contributed by atoms with Crippen LogP contribution < -0.4 is 10.6 Å². The minimum atomic E-state index is -0.228. The van der Waals surface area contributed by atoms with E-state index in [2.05, 4.69) is 48.1 Å². The predicted molar refractivity (Wildman–Crippen MR) is 161 cm³/mol. The SMILES string of the molecule is Cn1nnc(-c2ccc3[nH]c4nc(Cc5ccccc5)nc(NCCNC(=O)c5ccc6ccccc6n5)c4c3c2)n1. The van der Waals surface area contributed by atoms with Crippen LogP contribution in [0.4, 0.5) is 5.82 Å². The topological polar surface area (TPSA) is 139 Å². The minimum absolute atomic E-state index is 0.228. The molecule has 3 aromatic carbocycles. The van der Waals surface area contributed by atoms with Crippen LogP contribution in [0.15, 0.2) is 84.9 Å². The summed E-state index contributed by atoms with van der Waals surface area (Å²) >= 11 is 0. The molecule has 0 bridgehead atoms. The molecule has 11 nitrogen and oxygen atoms in total. The average molecular weight is 555 g/mol. The molecule has 0 saturated heterocycles. The molecule has 42 heavy (non-hydrogen) atoms. The molecule has 1 amide bonds. The Kier molecular flexibility index (Phi) is 6.43. The van der Waals surface area contributed by atoms with Crippen molar-refractivity contribution in [1.29, 1.82) is 0 Å². The van der Waals surface area contributed by atoms with Crippen LogP contribution in [0.25, 0.3) is 44.2 Å². The van der Waals surface area contributed by atoms with Crippen LogP contribution in [-0.4, -0.2) is 59.1 Å². The fourth-order valence-corrected chi connectivity index (χ4v) is 5.00. The van der Waals surface area contributed by atoms with Crippen LogP contribution in [0.3, 0.4) is 0 Å². The number of nitrogens with one attached hydrogen (secondary N) is 3. The van der Waals surface area contributed by atoms with Gasteiger partial charge in [-0.3, -0.25) is 4.79 Å². The molecule has 0 radical (unpaired) electrons. The summed E-state index contributed by atoms with van der Waals surface area (Å²) in [6, 6.07) is 27.4. The van der Waals surface area contributed by atoms with Gasteiger partial charge in [-0.25, -0.2) is 15.0 Å². The van der Waals surface area contributed by atoms with Crippen LogP contribution in [0.5, 0.6) is 0 Å². The molecule has 3 N–H and O–H groups in total. The number of hydrogen-bond acceptors (Lipinski definition) is 8. The van der Waals surface area contributed by atoms with Crippen molar-refractivity contribution in [2.45, 2.75) is 6.42 Å². The summed E-state index contributed by atoms with van der Waals surface area (Å²) in [6.45, 7) is 0.832. The van der Waals surface area contributed by atoms with Gasteiger partial charge in [0.15, 0.2) is 0 Å². The number of rotatable bonds is 8. The third-order valence-electron chi connectivity index (χ3n) is 7.00. The van der Waals surface area contributed by atoms with Gasteiger partial charge in [-0.05, 0) is 41.1 Å². The number of anilines is 1. The Balaban J connectivity index is 1.17. The summed E-state index contributed by atoms with van der Waals surface area (Å²) in [5.41, 5.74) is 4.76. The molecule has 7 rings (SSSR count). The first-order chi connectivity index (χ1) is 20.6. The maximum absolute atomic E-state index is 12.8. The van der Waals surface area contributed by atoms with Gasteiger partial charge in [0.1, 0.15) is 23.0 Å². The fraction of sp³-hybridized carbons (Fsp3) is 0.129. The van der Waals surface area contributed by atoms with Gasteiger partial charge in [-0.2, -0.15) is 4.80 Å². The highest BCUT2D eigenvalue weighted by molar-refractivity contribution is 6.12. The number of benzene rings is 3. The van der Waals surface area contributed by atoms with E-state index in [-0.39, 0.29) is 5.91 Å². The van der Waals surface area contributed by atoms with Crippen LogP contribution in [0, 0.1) is 0 Å². The zero-order valence-electron chi connectivity index (χ0n) is 22.7. The maximum Gasteiger partial charge on any atom is 0.269 e. The van der Waals surface area contributed by atoms with Gasteiger partial charge in [0, 0.05) is 41.4 Å². The summed E-state index contributed by atoms with van der Waals surface area (Å²) in [5.74, 6) is 1.67.